The summed E-state index contributed by atoms with van der Waals surface area (Å²) >= 11 is 3.09. The maximum Gasteiger partial charge on any atom is 0.340 e. The van der Waals surface area contributed by atoms with Crippen LogP contribution >= 0.6 is 33.9 Å². The molecule has 3 rings (SSSR count). The van der Waals surface area contributed by atoms with Crippen LogP contribution in [-0.4, -0.2) is 20.6 Å². The molecule has 0 radical (unpaired) electrons. The molecular formula is C15H11FIN3O3S. The maximum absolute atomic E-state index is 14.1. The first-order valence-electron chi connectivity index (χ1n) is 6.75. The molecule has 0 spiro atoms. The van der Waals surface area contributed by atoms with Gasteiger partial charge in [-0.25, -0.2) is 14.2 Å². The maximum atomic E-state index is 14.1. The third-order valence-corrected chi connectivity index (χ3v) is 5.10. The molecule has 0 saturated carbocycles. The second kappa shape index (κ2) is 6.13. The minimum absolute atomic E-state index is 0.0174. The van der Waals surface area contributed by atoms with Crippen LogP contribution in [0, 0.1) is 16.3 Å². The standard InChI is InChI=1S/C15H11FIN3O3S/c1-6-18-11-12(24-6)10(15(22)23)13(20(2)14(11)21)19-9-4-3-7(17)5-8(9)16/h3-5,19H,1-2H3,(H,22,23). The van der Waals surface area contributed by atoms with Gasteiger partial charge in [0.2, 0.25) is 0 Å². The first-order chi connectivity index (χ1) is 11.3. The second-order valence-corrected chi connectivity index (χ2v) is 7.50. The molecule has 0 fully saturated rings. The van der Waals surface area contributed by atoms with Gasteiger partial charge in [-0.2, -0.15) is 0 Å². The van der Waals surface area contributed by atoms with Crippen molar-refractivity contribution in [1.82, 2.24) is 9.55 Å². The number of carboxylic acid groups (broad SMARTS) is 1. The van der Waals surface area contributed by atoms with Crippen LogP contribution < -0.4 is 10.9 Å². The summed E-state index contributed by atoms with van der Waals surface area (Å²) in [5, 5.41) is 12.9. The lowest BCUT2D eigenvalue weighted by Gasteiger charge is -2.15. The molecule has 2 heterocycles. The smallest absolute Gasteiger partial charge is 0.340 e. The van der Waals surface area contributed by atoms with Crippen LogP contribution in [-0.2, 0) is 7.05 Å². The Bertz CT molecular complexity index is 1040. The minimum atomic E-state index is -1.22. The Kier molecular flexibility index (Phi) is 4.30. The van der Waals surface area contributed by atoms with E-state index in [4.69, 9.17) is 0 Å². The van der Waals surface area contributed by atoms with Crippen LogP contribution in [0.2, 0.25) is 0 Å². The highest BCUT2D eigenvalue weighted by molar-refractivity contribution is 14.1. The summed E-state index contributed by atoms with van der Waals surface area (Å²) < 4.78 is 16.2. The minimum Gasteiger partial charge on any atom is -0.478 e. The molecule has 3 aromatic rings. The number of hydrogen-bond acceptors (Lipinski definition) is 5. The number of aromatic carboxylic acids is 1. The van der Waals surface area contributed by atoms with Crippen molar-refractivity contribution in [3.8, 4) is 0 Å². The second-order valence-electron chi connectivity index (χ2n) is 5.05. The molecule has 6 nitrogen and oxygen atoms in total. The Balaban J connectivity index is 2.30. The van der Waals surface area contributed by atoms with E-state index in [0.29, 0.717) is 8.58 Å². The molecule has 0 unspecified atom stereocenters. The van der Waals surface area contributed by atoms with Crippen molar-refractivity contribution in [2.24, 2.45) is 7.05 Å². The zero-order valence-corrected chi connectivity index (χ0v) is 15.5. The van der Waals surface area contributed by atoms with E-state index in [1.807, 2.05) is 22.6 Å². The van der Waals surface area contributed by atoms with Gasteiger partial charge in [0, 0.05) is 10.6 Å². The van der Waals surface area contributed by atoms with Crippen molar-refractivity contribution >= 4 is 61.6 Å². The van der Waals surface area contributed by atoms with Crippen LogP contribution in [0.25, 0.3) is 10.2 Å². The lowest BCUT2D eigenvalue weighted by Crippen LogP contribution is -2.23. The van der Waals surface area contributed by atoms with Gasteiger partial charge in [0.1, 0.15) is 22.7 Å². The van der Waals surface area contributed by atoms with Gasteiger partial charge in [-0.3, -0.25) is 9.36 Å². The van der Waals surface area contributed by atoms with Gasteiger partial charge in [-0.15, -0.1) is 11.3 Å². The molecule has 2 aromatic heterocycles. The largest absolute Gasteiger partial charge is 0.478 e. The Labute approximate surface area is 153 Å². The van der Waals surface area contributed by atoms with Crippen molar-refractivity contribution < 1.29 is 14.3 Å². The van der Waals surface area contributed by atoms with Crippen LogP contribution in [0.15, 0.2) is 23.0 Å². The van der Waals surface area contributed by atoms with Gasteiger partial charge in [-0.05, 0) is 47.7 Å². The molecule has 9 heteroatoms. The third kappa shape index (κ3) is 2.77. The molecular weight excluding hydrogens is 448 g/mol. The third-order valence-electron chi connectivity index (χ3n) is 3.44. The number of hydrogen-bond donors (Lipinski definition) is 2. The summed E-state index contributed by atoms with van der Waals surface area (Å²) in [5.74, 6) is -1.73. The van der Waals surface area contributed by atoms with E-state index in [-0.39, 0.29) is 27.3 Å². The molecule has 24 heavy (non-hydrogen) atoms. The van der Waals surface area contributed by atoms with Gasteiger partial charge in [0.25, 0.3) is 5.56 Å². The number of thiazole rings is 1. The number of carbonyl (C=O) groups is 1. The zero-order chi connectivity index (χ0) is 17.6. The van der Waals surface area contributed by atoms with Gasteiger partial charge >= 0.3 is 5.97 Å². The Morgan fingerprint density at radius 1 is 1.46 bits per heavy atom. The van der Waals surface area contributed by atoms with Crippen molar-refractivity contribution in [1.29, 1.82) is 0 Å². The van der Waals surface area contributed by atoms with Gasteiger partial charge < -0.3 is 10.4 Å². The normalized spacial score (nSPS) is 11.0. The molecule has 1 aromatic carbocycles. The number of carboxylic acids is 1. The van der Waals surface area contributed by atoms with Crippen molar-refractivity contribution in [3.05, 3.63) is 48.5 Å². The number of nitrogens with one attached hydrogen (secondary N) is 1. The topological polar surface area (TPSA) is 84.2 Å². The molecule has 0 saturated heterocycles. The number of benzene rings is 1. The first kappa shape index (κ1) is 16.8. The molecule has 124 valence electrons. The van der Waals surface area contributed by atoms with Crippen LogP contribution in [0.5, 0.6) is 0 Å². The first-order valence-corrected chi connectivity index (χ1v) is 8.64. The lowest BCUT2D eigenvalue weighted by atomic mass is 10.2. The number of anilines is 2. The molecule has 0 aliphatic carbocycles. The fraction of sp³-hybridized carbons (Fsp3) is 0.133. The van der Waals surface area contributed by atoms with Crippen LogP contribution in [0.3, 0.4) is 0 Å². The molecule has 0 aliphatic heterocycles. The van der Waals surface area contributed by atoms with E-state index in [9.17, 15) is 19.1 Å². The van der Waals surface area contributed by atoms with E-state index in [1.165, 1.54) is 19.2 Å². The SMILES string of the molecule is Cc1nc2c(=O)n(C)c(Nc3ccc(I)cc3F)c(C(=O)O)c2s1. The summed E-state index contributed by atoms with van der Waals surface area (Å²) in [6.45, 7) is 1.70. The summed E-state index contributed by atoms with van der Waals surface area (Å²) in [4.78, 5) is 28.3. The van der Waals surface area contributed by atoms with E-state index in [2.05, 4.69) is 10.3 Å². The highest BCUT2D eigenvalue weighted by Crippen LogP contribution is 2.31. The highest BCUT2D eigenvalue weighted by atomic mass is 127. The number of aromatic nitrogens is 2. The number of nitrogens with zero attached hydrogens (tertiary/aromatic N) is 2. The Morgan fingerprint density at radius 2 is 2.17 bits per heavy atom. The number of aryl methyl sites for hydroxylation is 1. The van der Waals surface area contributed by atoms with E-state index < -0.39 is 17.3 Å². The van der Waals surface area contributed by atoms with Crippen molar-refractivity contribution in [3.63, 3.8) is 0 Å². The Morgan fingerprint density at radius 3 is 2.79 bits per heavy atom. The lowest BCUT2D eigenvalue weighted by molar-refractivity contribution is 0.0699. The Hall–Kier alpha value is -2.01. The summed E-state index contributed by atoms with van der Waals surface area (Å²) in [6.07, 6.45) is 0. The van der Waals surface area contributed by atoms with E-state index >= 15 is 0 Å². The summed E-state index contributed by atoms with van der Waals surface area (Å²) in [6, 6.07) is 4.49. The molecule has 0 amide bonds. The number of pyridine rings is 1. The van der Waals surface area contributed by atoms with E-state index in [1.54, 1.807) is 13.0 Å². The number of rotatable bonds is 3. The molecule has 2 N–H and O–H groups in total. The van der Waals surface area contributed by atoms with E-state index in [0.717, 1.165) is 15.9 Å². The number of fused-ring (bicyclic) bond motifs is 1. The average molecular weight is 459 g/mol. The van der Waals surface area contributed by atoms with Crippen molar-refractivity contribution in [2.75, 3.05) is 5.32 Å². The van der Waals surface area contributed by atoms with Crippen molar-refractivity contribution in [2.45, 2.75) is 6.92 Å². The highest BCUT2D eigenvalue weighted by Gasteiger charge is 2.23. The number of halogens is 2. The zero-order valence-electron chi connectivity index (χ0n) is 12.6. The summed E-state index contributed by atoms with van der Waals surface area (Å²) in [5.41, 5.74) is -0.344. The molecule has 0 bridgehead atoms. The summed E-state index contributed by atoms with van der Waals surface area (Å²) in [7, 11) is 1.43. The fourth-order valence-electron chi connectivity index (χ4n) is 2.34. The monoisotopic (exact) mass is 459 g/mol. The van der Waals surface area contributed by atoms with Crippen LogP contribution in [0.4, 0.5) is 15.9 Å². The predicted octanol–water partition coefficient (Wildman–Crippen LogP) is 3.49. The van der Waals surface area contributed by atoms with Gasteiger partial charge in [0.15, 0.2) is 0 Å². The van der Waals surface area contributed by atoms with Gasteiger partial charge in [-0.1, -0.05) is 0 Å². The average Bonchev–Trinajstić information content (AvgIpc) is 2.88. The van der Waals surface area contributed by atoms with Crippen LogP contribution in [0.1, 0.15) is 15.4 Å². The fourth-order valence-corrected chi connectivity index (χ4v) is 3.74. The van der Waals surface area contributed by atoms with Gasteiger partial charge in [0.05, 0.1) is 15.4 Å². The molecule has 0 atom stereocenters. The quantitative estimate of drug-likeness (QED) is 0.586. The molecule has 0 aliphatic rings. The predicted molar refractivity (Wildman–Crippen MR) is 99.0 cm³/mol.